The van der Waals surface area contributed by atoms with Gasteiger partial charge < -0.3 is 9.84 Å². The molecule has 0 bridgehead atoms. The minimum Gasteiger partial charge on any atom is -0.481 e. The van der Waals surface area contributed by atoms with Gasteiger partial charge >= 0.3 is 5.97 Å². The number of ether oxygens (including phenoxy) is 1. The van der Waals surface area contributed by atoms with Crippen LogP contribution in [-0.4, -0.2) is 17.7 Å². The maximum absolute atomic E-state index is 11.2. The predicted octanol–water partition coefficient (Wildman–Crippen LogP) is 6.48. The molecule has 3 nitrogen and oxygen atoms in total. The Hall–Kier alpha value is -1.61. The molecule has 3 heteroatoms. The molecule has 0 saturated heterocycles. The van der Waals surface area contributed by atoms with Crippen molar-refractivity contribution in [1.82, 2.24) is 0 Å². The number of carboxylic acid groups (broad SMARTS) is 1. The Balaban J connectivity index is 2.12. The lowest BCUT2D eigenvalue weighted by Gasteiger charge is -2.12. The fraction of sp³-hybridized carbons (Fsp3) is 0.609. The van der Waals surface area contributed by atoms with Gasteiger partial charge in [0, 0.05) is 0 Å². The number of benzene rings is 1. The van der Waals surface area contributed by atoms with E-state index in [1.54, 1.807) is 6.92 Å². The Morgan fingerprint density at radius 3 is 2.38 bits per heavy atom. The number of aliphatic carboxylic acids is 1. The van der Waals surface area contributed by atoms with Crippen molar-refractivity contribution < 1.29 is 14.6 Å². The third-order valence-corrected chi connectivity index (χ3v) is 4.75. The largest absolute Gasteiger partial charge is 0.481 e. The molecule has 146 valence electrons. The summed E-state index contributed by atoms with van der Waals surface area (Å²) in [5.74, 6) is -1.31. The van der Waals surface area contributed by atoms with Gasteiger partial charge in [0.2, 0.25) is 0 Å². The Morgan fingerprint density at radius 2 is 1.69 bits per heavy atom. The van der Waals surface area contributed by atoms with Crippen LogP contribution in [0.4, 0.5) is 0 Å². The molecule has 0 saturated carbocycles. The van der Waals surface area contributed by atoms with Gasteiger partial charge in [-0.3, -0.25) is 4.79 Å². The van der Waals surface area contributed by atoms with Crippen molar-refractivity contribution in [2.75, 3.05) is 6.61 Å². The zero-order valence-electron chi connectivity index (χ0n) is 16.6. The smallest absolute Gasteiger partial charge is 0.310 e. The molecule has 0 spiro atoms. The Labute approximate surface area is 159 Å². The van der Waals surface area contributed by atoms with Crippen LogP contribution in [0.5, 0.6) is 0 Å². The van der Waals surface area contributed by atoms with E-state index in [9.17, 15) is 9.90 Å². The first-order valence-electron chi connectivity index (χ1n) is 10.2. The predicted molar refractivity (Wildman–Crippen MR) is 109 cm³/mol. The maximum atomic E-state index is 11.2. The van der Waals surface area contributed by atoms with Crippen LogP contribution in [0.2, 0.25) is 0 Å². The second-order valence-electron chi connectivity index (χ2n) is 7.01. The Kier molecular flexibility index (Phi) is 12.6. The number of hydrogen-bond acceptors (Lipinski definition) is 2. The summed E-state index contributed by atoms with van der Waals surface area (Å²) < 4.78 is 5.69. The zero-order chi connectivity index (χ0) is 19.0. The third-order valence-electron chi connectivity index (χ3n) is 4.75. The highest BCUT2D eigenvalue weighted by Crippen LogP contribution is 2.20. The van der Waals surface area contributed by atoms with E-state index in [4.69, 9.17) is 4.74 Å². The molecule has 1 N–H and O–H groups in total. The van der Waals surface area contributed by atoms with E-state index in [1.165, 1.54) is 51.4 Å². The molecule has 1 aromatic carbocycles. The standard InChI is InChI=1S/C23H36O3/c1-3-4-5-6-7-8-9-10-11-12-15-18-26-19-21-16-13-14-17-22(21)20(2)23(24)25/h12-17,20H,3-11,18-19H2,1-2H3,(H,24,25)/b15-12+. The van der Waals surface area contributed by atoms with Crippen molar-refractivity contribution in [3.05, 3.63) is 47.5 Å². The van der Waals surface area contributed by atoms with E-state index in [-0.39, 0.29) is 0 Å². The van der Waals surface area contributed by atoms with Crippen molar-refractivity contribution in [1.29, 1.82) is 0 Å². The molecule has 0 fully saturated rings. The quantitative estimate of drug-likeness (QED) is 0.288. The van der Waals surface area contributed by atoms with E-state index in [0.717, 1.165) is 17.5 Å². The number of carboxylic acids is 1. The number of hydrogen-bond donors (Lipinski definition) is 1. The molecule has 0 heterocycles. The van der Waals surface area contributed by atoms with E-state index >= 15 is 0 Å². The molecule has 0 radical (unpaired) electrons. The molecule has 0 aliphatic carbocycles. The van der Waals surface area contributed by atoms with Crippen LogP contribution in [0.15, 0.2) is 36.4 Å². The van der Waals surface area contributed by atoms with Gasteiger partial charge in [0.1, 0.15) is 0 Å². The number of rotatable bonds is 15. The number of carbonyl (C=O) groups is 1. The molecular weight excluding hydrogens is 324 g/mol. The van der Waals surface area contributed by atoms with Gasteiger partial charge in [-0.2, -0.15) is 0 Å². The summed E-state index contributed by atoms with van der Waals surface area (Å²) in [6.45, 7) is 5.00. The van der Waals surface area contributed by atoms with Crippen molar-refractivity contribution in [3.8, 4) is 0 Å². The molecule has 26 heavy (non-hydrogen) atoms. The summed E-state index contributed by atoms with van der Waals surface area (Å²) in [4.78, 5) is 11.2. The van der Waals surface area contributed by atoms with Crippen LogP contribution in [0.25, 0.3) is 0 Å². The minimum absolute atomic E-state index is 0.454. The molecule has 0 aliphatic rings. The Bertz CT molecular complexity index is 522. The van der Waals surface area contributed by atoms with Crippen molar-refractivity contribution in [2.45, 2.75) is 84.2 Å². The molecule has 1 rings (SSSR count). The fourth-order valence-corrected chi connectivity index (χ4v) is 3.04. The zero-order valence-corrected chi connectivity index (χ0v) is 16.6. The number of allylic oxidation sites excluding steroid dienone is 1. The van der Waals surface area contributed by atoms with Crippen molar-refractivity contribution in [2.24, 2.45) is 0 Å². The lowest BCUT2D eigenvalue weighted by Crippen LogP contribution is -2.10. The molecule has 1 atom stereocenters. The highest BCUT2D eigenvalue weighted by atomic mass is 16.5. The van der Waals surface area contributed by atoms with Gasteiger partial charge in [-0.25, -0.2) is 0 Å². The average molecular weight is 361 g/mol. The van der Waals surface area contributed by atoms with Gasteiger partial charge in [0.25, 0.3) is 0 Å². The van der Waals surface area contributed by atoms with Gasteiger partial charge in [0.05, 0.1) is 19.1 Å². The topological polar surface area (TPSA) is 46.5 Å². The number of unbranched alkanes of at least 4 members (excludes halogenated alkanes) is 8. The first-order valence-corrected chi connectivity index (χ1v) is 10.2. The lowest BCUT2D eigenvalue weighted by atomic mass is 9.96. The van der Waals surface area contributed by atoms with Crippen LogP contribution >= 0.6 is 0 Å². The SMILES string of the molecule is CCCCCCCCCC/C=C/COCc1ccccc1C(C)C(=O)O. The van der Waals surface area contributed by atoms with E-state index in [0.29, 0.717) is 13.2 Å². The van der Waals surface area contributed by atoms with Crippen LogP contribution in [-0.2, 0) is 16.1 Å². The second-order valence-corrected chi connectivity index (χ2v) is 7.01. The first-order chi connectivity index (χ1) is 12.7. The third kappa shape index (κ3) is 9.76. The second kappa shape index (κ2) is 14.5. The summed E-state index contributed by atoms with van der Waals surface area (Å²) in [7, 11) is 0. The first kappa shape index (κ1) is 22.4. The Morgan fingerprint density at radius 1 is 1.04 bits per heavy atom. The van der Waals surface area contributed by atoms with Crippen molar-refractivity contribution >= 4 is 5.97 Å². The highest BCUT2D eigenvalue weighted by Gasteiger charge is 2.16. The summed E-state index contributed by atoms with van der Waals surface area (Å²) in [6, 6.07) is 7.62. The van der Waals surface area contributed by atoms with Gasteiger partial charge in [-0.05, 0) is 30.9 Å². The van der Waals surface area contributed by atoms with Gasteiger partial charge in [-0.1, -0.05) is 88.3 Å². The molecular formula is C23H36O3. The molecule has 1 aromatic rings. The van der Waals surface area contributed by atoms with Crippen molar-refractivity contribution in [3.63, 3.8) is 0 Å². The maximum Gasteiger partial charge on any atom is 0.310 e. The van der Waals surface area contributed by atoms with E-state index in [1.807, 2.05) is 24.3 Å². The molecule has 0 aromatic heterocycles. The summed E-state index contributed by atoms with van der Waals surface area (Å²) >= 11 is 0. The molecule has 1 unspecified atom stereocenters. The van der Waals surface area contributed by atoms with Gasteiger partial charge in [-0.15, -0.1) is 0 Å². The normalized spacial score (nSPS) is 12.5. The summed E-state index contributed by atoms with van der Waals surface area (Å²) in [5, 5.41) is 9.19. The monoisotopic (exact) mass is 360 g/mol. The summed E-state index contributed by atoms with van der Waals surface area (Å²) in [6.07, 6.45) is 16.2. The van der Waals surface area contributed by atoms with E-state index < -0.39 is 11.9 Å². The van der Waals surface area contributed by atoms with Gasteiger partial charge in [0.15, 0.2) is 0 Å². The highest BCUT2D eigenvalue weighted by molar-refractivity contribution is 5.76. The molecule has 0 amide bonds. The average Bonchev–Trinajstić information content (AvgIpc) is 2.65. The summed E-state index contributed by atoms with van der Waals surface area (Å²) in [5.41, 5.74) is 1.79. The van der Waals surface area contributed by atoms with Crippen LogP contribution in [0.1, 0.15) is 88.7 Å². The van der Waals surface area contributed by atoms with Crippen LogP contribution in [0.3, 0.4) is 0 Å². The van der Waals surface area contributed by atoms with Crippen LogP contribution in [0, 0.1) is 0 Å². The molecule has 0 aliphatic heterocycles. The fourth-order valence-electron chi connectivity index (χ4n) is 3.04. The van der Waals surface area contributed by atoms with Crippen LogP contribution < -0.4 is 0 Å². The minimum atomic E-state index is -0.803. The van der Waals surface area contributed by atoms with E-state index in [2.05, 4.69) is 19.1 Å². The lowest BCUT2D eigenvalue weighted by molar-refractivity contribution is -0.138.